The second-order valence-corrected chi connectivity index (χ2v) is 6.68. The molecule has 2 rings (SSSR count). The van der Waals surface area contributed by atoms with Crippen molar-refractivity contribution in [2.75, 3.05) is 6.61 Å². The number of hydrogen-bond donors (Lipinski definition) is 3. The van der Waals surface area contributed by atoms with Gasteiger partial charge in [0.25, 0.3) is 0 Å². The zero-order chi connectivity index (χ0) is 13.4. The van der Waals surface area contributed by atoms with Crippen LogP contribution < -0.4 is 11.2 Å². The summed E-state index contributed by atoms with van der Waals surface area (Å²) in [6.07, 6.45) is -2.53. The van der Waals surface area contributed by atoms with E-state index in [4.69, 9.17) is 5.11 Å². The molecule has 0 aliphatic carbocycles. The van der Waals surface area contributed by atoms with E-state index in [0.29, 0.717) is 6.20 Å². The van der Waals surface area contributed by atoms with Crippen LogP contribution in [0.25, 0.3) is 0 Å². The van der Waals surface area contributed by atoms with Crippen LogP contribution in [-0.4, -0.2) is 53.6 Å². The van der Waals surface area contributed by atoms with Crippen molar-refractivity contribution < 1.29 is 19.0 Å². The van der Waals surface area contributed by atoms with Gasteiger partial charge in [0, 0.05) is 0 Å². The standard InChI is InChI=1S/C9H10F2N2O4Se/c10-3-1-13(9(17)12-7(3)16)8-5(11)6(15)4(2-14)18-8/h1,4-6,8,14-15H,2H2,(H,12,16,17)/t4-,5+,6-,8?/m1/s1. The van der Waals surface area contributed by atoms with Gasteiger partial charge in [0.1, 0.15) is 0 Å². The number of alkyl halides is 1. The molecule has 4 atom stereocenters. The molecule has 0 bridgehead atoms. The number of nitrogens with zero attached hydrogens (tertiary/aromatic N) is 1. The van der Waals surface area contributed by atoms with Crippen LogP contribution in [0.15, 0.2) is 15.8 Å². The van der Waals surface area contributed by atoms with E-state index in [2.05, 4.69) is 0 Å². The van der Waals surface area contributed by atoms with Gasteiger partial charge in [-0.3, -0.25) is 0 Å². The average molecular weight is 327 g/mol. The van der Waals surface area contributed by atoms with Crippen molar-refractivity contribution in [1.82, 2.24) is 9.55 Å². The summed E-state index contributed by atoms with van der Waals surface area (Å²) < 4.78 is 27.6. The minimum atomic E-state index is -1.77. The normalized spacial score (nSPS) is 31.8. The van der Waals surface area contributed by atoms with Gasteiger partial charge in [0.2, 0.25) is 0 Å². The van der Waals surface area contributed by atoms with Crippen molar-refractivity contribution >= 4 is 15.0 Å². The molecule has 1 aromatic rings. The third kappa shape index (κ3) is 2.14. The van der Waals surface area contributed by atoms with E-state index < -0.39 is 60.7 Å². The molecule has 3 N–H and O–H groups in total. The molecule has 1 aliphatic rings. The molecule has 0 aromatic carbocycles. The summed E-state index contributed by atoms with van der Waals surface area (Å²) in [5, 5.41) is 18.5. The summed E-state index contributed by atoms with van der Waals surface area (Å²) in [6.45, 7) is -0.404. The van der Waals surface area contributed by atoms with Gasteiger partial charge in [0.05, 0.1) is 0 Å². The van der Waals surface area contributed by atoms with Crippen molar-refractivity contribution in [1.29, 1.82) is 0 Å². The van der Waals surface area contributed by atoms with E-state index >= 15 is 0 Å². The molecule has 0 spiro atoms. The van der Waals surface area contributed by atoms with Gasteiger partial charge >= 0.3 is 105 Å². The fraction of sp³-hybridized carbons (Fsp3) is 0.556. The Morgan fingerprint density at radius 2 is 2.17 bits per heavy atom. The number of aromatic amines is 1. The molecule has 9 heteroatoms. The second-order valence-electron chi connectivity index (χ2n) is 3.83. The molecular weight excluding hydrogens is 317 g/mol. The summed E-state index contributed by atoms with van der Waals surface area (Å²) >= 11 is -0.623. The Labute approximate surface area is 105 Å². The van der Waals surface area contributed by atoms with Crippen LogP contribution in [0.2, 0.25) is 4.82 Å². The number of nitrogens with one attached hydrogen (secondary N) is 1. The van der Waals surface area contributed by atoms with E-state index in [-0.39, 0.29) is 0 Å². The van der Waals surface area contributed by atoms with E-state index in [1.165, 1.54) is 0 Å². The van der Waals surface area contributed by atoms with Crippen molar-refractivity contribution in [3.05, 3.63) is 32.9 Å². The number of H-pyrrole nitrogens is 1. The first kappa shape index (κ1) is 13.4. The predicted molar refractivity (Wildman–Crippen MR) is 57.8 cm³/mol. The van der Waals surface area contributed by atoms with Crippen LogP contribution in [0.3, 0.4) is 0 Å². The van der Waals surface area contributed by atoms with Gasteiger partial charge in [-0.05, 0) is 0 Å². The minimum absolute atomic E-state index is 0.404. The predicted octanol–water partition coefficient (Wildman–Crippen LogP) is -1.63. The van der Waals surface area contributed by atoms with E-state index in [9.17, 15) is 23.5 Å². The molecule has 0 radical (unpaired) electrons. The number of halogens is 2. The summed E-state index contributed by atoms with van der Waals surface area (Å²) in [4.78, 5) is 22.4. The van der Waals surface area contributed by atoms with Crippen LogP contribution in [0.1, 0.15) is 4.94 Å². The first-order valence-electron chi connectivity index (χ1n) is 5.05. The first-order chi connectivity index (χ1) is 8.45. The monoisotopic (exact) mass is 328 g/mol. The fourth-order valence-electron chi connectivity index (χ4n) is 1.73. The van der Waals surface area contributed by atoms with Crippen LogP contribution in [0, 0.1) is 5.82 Å². The Hall–Kier alpha value is -1.02. The van der Waals surface area contributed by atoms with E-state index in [0.717, 1.165) is 4.57 Å². The Balaban J connectivity index is 2.42. The van der Waals surface area contributed by atoms with Crippen molar-refractivity contribution in [2.45, 2.75) is 22.0 Å². The summed E-state index contributed by atoms with van der Waals surface area (Å²) in [5.74, 6) is -1.19. The summed E-state index contributed by atoms with van der Waals surface area (Å²) in [7, 11) is 0. The zero-order valence-electron chi connectivity index (χ0n) is 8.92. The van der Waals surface area contributed by atoms with Gasteiger partial charge < -0.3 is 0 Å². The third-order valence-corrected chi connectivity index (χ3v) is 5.91. The van der Waals surface area contributed by atoms with Gasteiger partial charge in [-0.2, -0.15) is 0 Å². The molecule has 18 heavy (non-hydrogen) atoms. The first-order valence-corrected chi connectivity index (χ1v) is 7.03. The van der Waals surface area contributed by atoms with E-state index in [1.807, 2.05) is 0 Å². The molecule has 1 aromatic heterocycles. The Morgan fingerprint density at radius 3 is 2.72 bits per heavy atom. The number of aliphatic hydroxyl groups excluding tert-OH is 2. The molecule has 0 saturated carbocycles. The zero-order valence-corrected chi connectivity index (χ0v) is 10.6. The number of aromatic nitrogens is 2. The number of aliphatic hydroxyl groups is 2. The number of rotatable bonds is 2. The summed E-state index contributed by atoms with van der Waals surface area (Å²) in [6, 6.07) is 0. The molecule has 100 valence electrons. The van der Waals surface area contributed by atoms with Crippen LogP contribution in [-0.2, 0) is 0 Å². The van der Waals surface area contributed by atoms with Gasteiger partial charge in [-0.15, -0.1) is 0 Å². The molecule has 1 unspecified atom stereocenters. The molecule has 1 saturated heterocycles. The fourth-order valence-corrected chi connectivity index (χ4v) is 4.57. The van der Waals surface area contributed by atoms with Gasteiger partial charge in [0.15, 0.2) is 0 Å². The van der Waals surface area contributed by atoms with Gasteiger partial charge in [-0.25, -0.2) is 0 Å². The molecule has 1 fully saturated rings. The molecule has 1 aliphatic heterocycles. The summed E-state index contributed by atoms with van der Waals surface area (Å²) in [5.41, 5.74) is -2.10. The van der Waals surface area contributed by atoms with E-state index in [1.54, 1.807) is 4.98 Å². The second kappa shape index (κ2) is 4.93. The SMILES string of the molecule is O=c1[nH]c(=O)n(C2[Se][C@H](CO)[C@@H](O)[C@@H]2F)cc1F. The average Bonchev–Trinajstić information content (AvgIpc) is 2.61. The topological polar surface area (TPSA) is 95.3 Å². The third-order valence-electron chi connectivity index (χ3n) is 2.67. The Kier molecular flexibility index (Phi) is 3.67. The maximum atomic E-state index is 13.8. The number of hydrogen-bond acceptors (Lipinski definition) is 4. The quantitative estimate of drug-likeness (QED) is 0.569. The van der Waals surface area contributed by atoms with Crippen LogP contribution in [0.5, 0.6) is 0 Å². The van der Waals surface area contributed by atoms with Crippen molar-refractivity contribution in [3.63, 3.8) is 0 Å². The van der Waals surface area contributed by atoms with Crippen molar-refractivity contribution in [3.8, 4) is 0 Å². The maximum absolute atomic E-state index is 13.8. The van der Waals surface area contributed by atoms with Crippen molar-refractivity contribution in [2.24, 2.45) is 0 Å². The molecule has 2 heterocycles. The molecule has 0 amide bonds. The Morgan fingerprint density at radius 1 is 1.50 bits per heavy atom. The molecular formula is C9H10F2N2O4Se. The van der Waals surface area contributed by atoms with Crippen LogP contribution >= 0.6 is 0 Å². The molecule has 6 nitrogen and oxygen atoms in total. The van der Waals surface area contributed by atoms with Gasteiger partial charge in [-0.1, -0.05) is 0 Å². The van der Waals surface area contributed by atoms with Crippen LogP contribution in [0.4, 0.5) is 8.78 Å². The Bertz CT molecular complexity index is 560.